The first-order valence-corrected chi connectivity index (χ1v) is 9.72. The molecule has 0 saturated carbocycles. The molecule has 0 aromatic heterocycles. The minimum Gasteiger partial charge on any atom is -0.320 e. The molecule has 2 N–H and O–H groups in total. The Morgan fingerprint density at radius 1 is 1.00 bits per heavy atom. The van der Waals surface area contributed by atoms with Crippen molar-refractivity contribution in [2.45, 2.75) is 0 Å². The number of hydrogen-bond donors (Lipinski definition) is 2. The fourth-order valence-corrected chi connectivity index (χ4v) is 3.02. The lowest BCUT2D eigenvalue weighted by Gasteiger charge is -2.12. The van der Waals surface area contributed by atoms with Crippen LogP contribution in [0.25, 0.3) is 6.08 Å². The van der Waals surface area contributed by atoms with Crippen LogP contribution in [0, 0.1) is 15.9 Å². The highest BCUT2D eigenvalue weighted by Gasteiger charge is 2.18. The number of benzene rings is 3. The van der Waals surface area contributed by atoms with Crippen LogP contribution in [0.5, 0.6) is 0 Å². The first-order chi connectivity index (χ1) is 14.8. The van der Waals surface area contributed by atoms with Gasteiger partial charge in [0.2, 0.25) is 0 Å². The van der Waals surface area contributed by atoms with E-state index in [1.165, 1.54) is 48.5 Å². The van der Waals surface area contributed by atoms with E-state index in [2.05, 4.69) is 26.6 Å². The third-order valence-electron chi connectivity index (χ3n) is 4.13. The van der Waals surface area contributed by atoms with E-state index >= 15 is 0 Å². The average molecular weight is 484 g/mol. The van der Waals surface area contributed by atoms with Crippen LogP contribution in [0.4, 0.5) is 15.8 Å². The minimum atomic E-state index is -0.836. The zero-order valence-electron chi connectivity index (χ0n) is 15.8. The lowest BCUT2D eigenvalue weighted by atomic mass is 10.1. The number of amides is 2. The third kappa shape index (κ3) is 5.61. The molecular formula is C22H15BrFN3O4. The molecule has 0 aliphatic rings. The molecule has 156 valence electrons. The number of hydrogen-bond acceptors (Lipinski definition) is 4. The standard InChI is InChI=1S/C22H15BrFN3O4/c23-17-9-2-4-11-19(17)25-22(29)20(13-14-6-5-7-15(12-14)27(30)31)26-21(28)16-8-1-3-10-18(16)24/h1-13H,(H,25,29)(H,26,28). The molecule has 0 fully saturated rings. The normalized spacial score (nSPS) is 11.0. The molecule has 7 nitrogen and oxygen atoms in total. The van der Waals surface area contributed by atoms with Gasteiger partial charge in [-0.25, -0.2) is 4.39 Å². The topological polar surface area (TPSA) is 101 Å². The zero-order valence-corrected chi connectivity index (χ0v) is 17.4. The molecule has 0 aliphatic carbocycles. The van der Waals surface area contributed by atoms with E-state index in [0.29, 0.717) is 15.7 Å². The van der Waals surface area contributed by atoms with Gasteiger partial charge in [-0.2, -0.15) is 0 Å². The summed E-state index contributed by atoms with van der Waals surface area (Å²) in [6.45, 7) is 0. The molecule has 3 aromatic carbocycles. The van der Waals surface area contributed by atoms with Crippen LogP contribution < -0.4 is 10.6 Å². The number of nitrogens with zero attached hydrogens (tertiary/aromatic N) is 1. The molecule has 0 saturated heterocycles. The van der Waals surface area contributed by atoms with Crippen molar-refractivity contribution in [3.63, 3.8) is 0 Å². The van der Waals surface area contributed by atoms with Crippen molar-refractivity contribution in [2.24, 2.45) is 0 Å². The van der Waals surface area contributed by atoms with Crippen LogP contribution in [0.1, 0.15) is 15.9 Å². The predicted molar refractivity (Wildman–Crippen MR) is 118 cm³/mol. The van der Waals surface area contributed by atoms with Gasteiger partial charge in [0, 0.05) is 16.6 Å². The quantitative estimate of drug-likeness (QED) is 0.295. The second kappa shape index (κ2) is 9.77. The first kappa shape index (κ1) is 21.8. The summed E-state index contributed by atoms with van der Waals surface area (Å²) < 4.78 is 14.6. The molecule has 0 radical (unpaired) electrons. The highest BCUT2D eigenvalue weighted by Crippen LogP contribution is 2.22. The Bertz CT molecular complexity index is 1200. The Hall–Kier alpha value is -3.85. The summed E-state index contributed by atoms with van der Waals surface area (Å²) in [5.74, 6) is -2.28. The number of nitrogens with one attached hydrogen (secondary N) is 2. The number of carbonyl (C=O) groups is 2. The summed E-state index contributed by atoms with van der Waals surface area (Å²) in [7, 11) is 0. The third-order valence-corrected chi connectivity index (χ3v) is 4.82. The van der Waals surface area contributed by atoms with Gasteiger partial charge in [-0.3, -0.25) is 19.7 Å². The number of non-ortho nitro benzene ring substituents is 1. The van der Waals surface area contributed by atoms with E-state index in [0.717, 1.165) is 6.07 Å². The number of nitro benzene ring substituents is 1. The Labute approximate surface area is 184 Å². The van der Waals surface area contributed by atoms with E-state index in [-0.39, 0.29) is 16.9 Å². The maximum Gasteiger partial charge on any atom is 0.272 e. The Balaban J connectivity index is 1.97. The van der Waals surface area contributed by atoms with Gasteiger partial charge in [-0.1, -0.05) is 36.4 Å². The van der Waals surface area contributed by atoms with Gasteiger partial charge >= 0.3 is 0 Å². The van der Waals surface area contributed by atoms with Crippen molar-refractivity contribution in [1.82, 2.24) is 5.32 Å². The van der Waals surface area contributed by atoms with Gasteiger partial charge in [-0.15, -0.1) is 0 Å². The van der Waals surface area contributed by atoms with Gasteiger partial charge in [0.15, 0.2) is 0 Å². The van der Waals surface area contributed by atoms with Crippen LogP contribution in [0.15, 0.2) is 83.0 Å². The largest absolute Gasteiger partial charge is 0.320 e. The molecule has 0 atom stereocenters. The van der Waals surface area contributed by atoms with Gasteiger partial charge in [-0.05, 0) is 51.8 Å². The molecule has 3 rings (SSSR count). The van der Waals surface area contributed by atoms with E-state index < -0.39 is 22.6 Å². The summed E-state index contributed by atoms with van der Waals surface area (Å²) in [6.07, 6.45) is 1.28. The van der Waals surface area contributed by atoms with Crippen molar-refractivity contribution in [2.75, 3.05) is 5.32 Å². The van der Waals surface area contributed by atoms with Crippen LogP contribution in [-0.2, 0) is 4.79 Å². The van der Waals surface area contributed by atoms with E-state index in [9.17, 15) is 24.1 Å². The SMILES string of the molecule is O=C(Nc1ccccc1Br)C(=Cc1cccc([N+](=O)[O-])c1)NC(=O)c1ccccc1F. The maximum absolute atomic E-state index is 14.0. The molecule has 3 aromatic rings. The van der Waals surface area contributed by atoms with Gasteiger partial charge in [0.25, 0.3) is 17.5 Å². The van der Waals surface area contributed by atoms with Gasteiger partial charge < -0.3 is 10.6 Å². The number of halogens is 2. The summed E-state index contributed by atoms with van der Waals surface area (Å²) in [4.78, 5) is 35.9. The van der Waals surface area contributed by atoms with E-state index in [1.807, 2.05) is 0 Å². The average Bonchev–Trinajstić information content (AvgIpc) is 2.75. The van der Waals surface area contributed by atoms with Crippen molar-refractivity contribution in [3.05, 3.63) is 110 Å². The molecule has 2 amide bonds. The van der Waals surface area contributed by atoms with E-state index in [4.69, 9.17) is 0 Å². The fourth-order valence-electron chi connectivity index (χ4n) is 2.64. The number of anilines is 1. The van der Waals surface area contributed by atoms with Crippen LogP contribution in [-0.4, -0.2) is 16.7 Å². The summed E-state index contributed by atoms with van der Waals surface area (Å²) in [6, 6.07) is 17.7. The molecule has 0 unspecified atom stereocenters. The second-order valence-corrected chi connectivity index (χ2v) is 7.13. The fraction of sp³-hybridized carbons (Fsp3) is 0. The summed E-state index contributed by atoms with van der Waals surface area (Å²) in [5, 5.41) is 16.1. The molecule has 0 spiro atoms. The molecule has 31 heavy (non-hydrogen) atoms. The van der Waals surface area contributed by atoms with Gasteiger partial charge in [0.1, 0.15) is 11.5 Å². The lowest BCUT2D eigenvalue weighted by Crippen LogP contribution is -2.31. The van der Waals surface area contributed by atoms with Crippen LogP contribution >= 0.6 is 15.9 Å². The zero-order chi connectivity index (χ0) is 22.4. The Morgan fingerprint density at radius 2 is 1.71 bits per heavy atom. The summed E-state index contributed by atoms with van der Waals surface area (Å²) in [5.41, 5.74) is 0.100. The number of para-hydroxylation sites is 1. The highest BCUT2D eigenvalue weighted by molar-refractivity contribution is 9.10. The van der Waals surface area contributed by atoms with Crippen LogP contribution in [0.3, 0.4) is 0 Å². The molecule has 0 aliphatic heterocycles. The van der Waals surface area contributed by atoms with Crippen molar-refractivity contribution >= 4 is 45.2 Å². The number of carbonyl (C=O) groups excluding carboxylic acids is 2. The second-order valence-electron chi connectivity index (χ2n) is 6.28. The lowest BCUT2D eigenvalue weighted by molar-refractivity contribution is -0.384. The van der Waals surface area contributed by atoms with Gasteiger partial charge in [0.05, 0.1) is 16.2 Å². The number of rotatable bonds is 6. The molecule has 0 heterocycles. The molecular weight excluding hydrogens is 469 g/mol. The predicted octanol–water partition coefficient (Wildman–Crippen LogP) is 4.91. The first-order valence-electron chi connectivity index (χ1n) is 8.93. The van der Waals surface area contributed by atoms with E-state index in [1.54, 1.807) is 24.3 Å². The highest BCUT2D eigenvalue weighted by atomic mass is 79.9. The molecule has 9 heteroatoms. The van der Waals surface area contributed by atoms with Crippen molar-refractivity contribution < 1.29 is 18.9 Å². The van der Waals surface area contributed by atoms with Crippen LogP contribution in [0.2, 0.25) is 0 Å². The van der Waals surface area contributed by atoms with Crippen molar-refractivity contribution in [3.8, 4) is 0 Å². The molecule has 0 bridgehead atoms. The smallest absolute Gasteiger partial charge is 0.272 e. The summed E-state index contributed by atoms with van der Waals surface area (Å²) >= 11 is 3.32. The number of nitro groups is 1. The minimum absolute atomic E-state index is 0.181. The monoisotopic (exact) mass is 483 g/mol. The maximum atomic E-state index is 14.0. The Morgan fingerprint density at radius 3 is 2.42 bits per heavy atom. The van der Waals surface area contributed by atoms with Crippen molar-refractivity contribution in [1.29, 1.82) is 0 Å². The Kier molecular flexibility index (Phi) is 6.88.